The molecule has 0 saturated carbocycles. The summed E-state index contributed by atoms with van der Waals surface area (Å²) in [5, 5.41) is 7.90. The molecule has 0 saturated heterocycles. The number of rotatable bonds is 6. The number of benzene rings is 3. The van der Waals surface area contributed by atoms with Crippen molar-refractivity contribution in [3.8, 4) is 0 Å². The molecule has 0 atom stereocenters. The number of nitrogens with one attached hydrogen (secondary N) is 2. The normalized spacial score (nSPS) is 10.5. The van der Waals surface area contributed by atoms with E-state index in [0.717, 1.165) is 22.9 Å². The van der Waals surface area contributed by atoms with Crippen molar-refractivity contribution in [2.75, 3.05) is 30.9 Å². The number of nitrogens with zero attached hydrogens (tertiary/aromatic N) is 1. The first kappa shape index (κ1) is 19.4. The van der Waals surface area contributed by atoms with Crippen LogP contribution < -0.4 is 15.5 Å². The molecule has 5 nitrogen and oxygen atoms in total. The molecule has 0 heterocycles. The van der Waals surface area contributed by atoms with Gasteiger partial charge in [-0.3, -0.25) is 9.59 Å². The number of fused-ring (bicyclic) bond motifs is 1. The number of carbonyl (C=O) groups is 2. The van der Waals surface area contributed by atoms with Gasteiger partial charge < -0.3 is 15.5 Å². The van der Waals surface area contributed by atoms with Crippen LogP contribution in [0.5, 0.6) is 0 Å². The lowest BCUT2D eigenvalue weighted by atomic mass is 10.1. The minimum absolute atomic E-state index is 0.146. The average molecular weight is 375 g/mol. The second kappa shape index (κ2) is 8.57. The average Bonchev–Trinajstić information content (AvgIpc) is 2.71. The molecule has 0 radical (unpaired) electrons. The minimum atomic E-state index is -0.205. The summed E-state index contributed by atoms with van der Waals surface area (Å²) >= 11 is 0. The van der Waals surface area contributed by atoms with E-state index >= 15 is 0 Å². The van der Waals surface area contributed by atoms with E-state index in [9.17, 15) is 9.59 Å². The Balaban J connectivity index is 1.86. The molecule has 0 aliphatic heterocycles. The summed E-state index contributed by atoms with van der Waals surface area (Å²) in [6.45, 7) is 2.62. The Labute approximate surface area is 165 Å². The second-order valence-electron chi connectivity index (χ2n) is 6.90. The zero-order chi connectivity index (χ0) is 20.1. The highest BCUT2D eigenvalue weighted by Gasteiger charge is 2.15. The third-order valence-electron chi connectivity index (χ3n) is 4.53. The summed E-state index contributed by atoms with van der Waals surface area (Å²) < 4.78 is 0. The van der Waals surface area contributed by atoms with Crippen LogP contribution >= 0.6 is 0 Å². The van der Waals surface area contributed by atoms with Gasteiger partial charge in [0.2, 0.25) is 0 Å². The molecule has 0 aliphatic carbocycles. The molecule has 2 amide bonds. The van der Waals surface area contributed by atoms with Gasteiger partial charge in [0.15, 0.2) is 0 Å². The Morgan fingerprint density at radius 1 is 0.893 bits per heavy atom. The van der Waals surface area contributed by atoms with Gasteiger partial charge >= 0.3 is 0 Å². The van der Waals surface area contributed by atoms with E-state index in [1.54, 1.807) is 12.1 Å². The van der Waals surface area contributed by atoms with Crippen molar-refractivity contribution in [1.29, 1.82) is 0 Å². The van der Waals surface area contributed by atoms with Crippen LogP contribution in [0.1, 0.15) is 34.1 Å². The number of hydrogen-bond donors (Lipinski definition) is 2. The van der Waals surface area contributed by atoms with Crippen LogP contribution in [0.3, 0.4) is 0 Å². The third kappa shape index (κ3) is 4.31. The molecule has 0 aliphatic rings. The fourth-order valence-corrected chi connectivity index (χ4v) is 3.05. The maximum absolute atomic E-state index is 12.7. The molecule has 0 unspecified atom stereocenters. The number of anilines is 2. The molecule has 3 rings (SSSR count). The van der Waals surface area contributed by atoms with Gasteiger partial charge in [-0.15, -0.1) is 0 Å². The molecule has 0 bridgehead atoms. The van der Waals surface area contributed by atoms with Crippen LogP contribution in [0.15, 0.2) is 60.7 Å². The molecular formula is C23H25N3O2. The summed E-state index contributed by atoms with van der Waals surface area (Å²) in [6.07, 6.45) is 0.863. The van der Waals surface area contributed by atoms with E-state index in [1.165, 1.54) is 0 Å². The SMILES string of the molecule is CCCNC(=O)c1cc(NC(=O)c2ccc3ccccc3c2)ccc1N(C)C. The molecule has 0 aromatic heterocycles. The van der Waals surface area contributed by atoms with Crippen LogP contribution in [-0.4, -0.2) is 32.5 Å². The first-order chi connectivity index (χ1) is 13.5. The van der Waals surface area contributed by atoms with Gasteiger partial charge in [-0.25, -0.2) is 0 Å². The topological polar surface area (TPSA) is 61.4 Å². The maximum Gasteiger partial charge on any atom is 0.255 e. The summed E-state index contributed by atoms with van der Waals surface area (Å²) in [5.41, 5.74) is 2.50. The lowest BCUT2D eigenvalue weighted by molar-refractivity contribution is 0.0952. The first-order valence-electron chi connectivity index (χ1n) is 9.39. The van der Waals surface area contributed by atoms with Gasteiger partial charge in [-0.2, -0.15) is 0 Å². The maximum atomic E-state index is 12.7. The van der Waals surface area contributed by atoms with Crippen LogP contribution in [-0.2, 0) is 0 Å². The molecule has 28 heavy (non-hydrogen) atoms. The summed E-state index contributed by atoms with van der Waals surface area (Å²) in [7, 11) is 3.78. The van der Waals surface area contributed by atoms with Gasteiger partial charge in [-0.05, 0) is 47.5 Å². The zero-order valence-corrected chi connectivity index (χ0v) is 16.5. The Kier molecular flexibility index (Phi) is 5.94. The van der Waals surface area contributed by atoms with Crippen molar-refractivity contribution in [1.82, 2.24) is 5.32 Å². The largest absolute Gasteiger partial charge is 0.377 e. The number of carbonyl (C=O) groups excluding carboxylic acids is 2. The van der Waals surface area contributed by atoms with Crippen LogP contribution in [0.2, 0.25) is 0 Å². The van der Waals surface area contributed by atoms with Gasteiger partial charge in [-0.1, -0.05) is 37.3 Å². The molecule has 3 aromatic rings. The van der Waals surface area contributed by atoms with E-state index in [0.29, 0.717) is 23.4 Å². The Morgan fingerprint density at radius 2 is 1.64 bits per heavy atom. The van der Waals surface area contributed by atoms with E-state index < -0.39 is 0 Å². The van der Waals surface area contributed by atoms with Crippen molar-refractivity contribution in [3.05, 3.63) is 71.8 Å². The summed E-state index contributed by atoms with van der Waals surface area (Å²) in [5.74, 6) is -0.351. The third-order valence-corrected chi connectivity index (χ3v) is 4.53. The summed E-state index contributed by atoms with van der Waals surface area (Å²) in [6, 6.07) is 18.9. The monoisotopic (exact) mass is 375 g/mol. The minimum Gasteiger partial charge on any atom is -0.377 e. The van der Waals surface area contributed by atoms with E-state index in [-0.39, 0.29) is 11.8 Å². The smallest absolute Gasteiger partial charge is 0.255 e. The highest BCUT2D eigenvalue weighted by Crippen LogP contribution is 2.24. The van der Waals surface area contributed by atoms with Crippen molar-refractivity contribution in [2.24, 2.45) is 0 Å². The Hall–Kier alpha value is -3.34. The van der Waals surface area contributed by atoms with Crippen LogP contribution in [0.25, 0.3) is 10.8 Å². The zero-order valence-electron chi connectivity index (χ0n) is 16.5. The number of hydrogen-bond acceptors (Lipinski definition) is 3. The van der Waals surface area contributed by atoms with Crippen LogP contribution in [0.4, 0.5) is 11.4 Å². The highest BCUT2D eigenvalue weighted by molar-refractivity contribution is 6.08. The predicted octanol–water partition coefficient (Wildman–Crippen LogP) is 4.30. The molecular weight excluding hydrogens is 350 g/mol. The predicted molar refractivity (Wildman–Crippen MR) is 115 cm³/mol. The highest BCUT2D eigenvalue weighted by atomic mass is 16.2. The van der Waals surface area contributed by atoms with Gasteiger partial charge in [0.25, 0.3) is 11.8 Å². The van der Waals surface area contributed by atoms with Crippen molar-refractivity contribution in [2.45, 2.75) is 13.3 Å². The Bertz CT molecular complexity index is 1010. The van der Waals surface area contributed by atoms with Crippen LogP contribution in [0, 0.1) is 0 Å². The second-order valence-corrected chi connectivity index (χ2v) is 6.90. The number of amides is 2. The molecule has 5 heteroatoms. The van der Waals surface area contributed by atoms with E-state index in [1.807, 2.05) is 74.4 Å². The molecule has 144 valence electrons. The van der Waals surface area contributed by atoms with Crippen molar-refractivity contribution in [3.63, 3.8) is 0 Å². The lowest BCUT2D eigenvalue weighted by Gasteiger charge is -2.18. The lowest BCUT2D eigenvalue weighted by Crippen LogP contribution is -2.26. The van der Waals surface area contributed by atoms with Crippen molar-refractivity contribution < 1.29 is 9.59 Å². The fourth-order valence-electron chi connectivity index (χ4n) is 3.05. The van der Waals surface area contributed by atoms with Gasteiger partial charge in [0.1, 0.15) is 0 Å². The van der Waals surface area contributed by atoms with Crippen molar-refractivity contribution >= 4 is 34.0 Å². The van der Waals surface area contributed by atoms with Gasteiger partial charge in [0.05, 0.1) is 5.56 Å². The quantitative estimate of drug-likeness (QED) is 0.675. The molecule has 2 N–H and O–H groups in total. The molecule has 0 spiro atoms. The Morgan fingerprint density at radius 3 is 2.36 bits per heavy atom. The fraction of sp³-hybridized carbons (Fsp3) is 0.217. The first-order valence-corrected chi connectivity index (χ1v) is 9.39. The van der Waals surface area contributed by atoms with Gasteiger partial charge in [0, 0.05) is 37.6 Å². The summed E-state index contributed by atoms with van der Waals surface area (Å²) in [4.78, 5) is 27.1. The standard InChI is InChI=1S/C23H25N3O2/c1-4-13-24-23(28)20-15-19(11-12-21(20)26(2)3)25-22(27)18-10-9-16-7-5-6-8-17(16)14-18/h5-12,14-15H,4,13H2,1-3H3,(H,24,28)(H,25,27). The molecule has 3 aromatic carbocycles. The van der Waals surface area contributed by atoms with E-state index in [4.69, 9.17) is 0 Å². The molecule has 0 fully saturated rings. The van der Waals surface area contributed by atoms with E-state index in [2.05, 4.69) is 10.6 Å².